The Hall–Kier alpha value is -3.09. The van der Waals surface area contributed by atoms with E-state index in [2.05, 4.69) is 99.0 Å². The fourth-order valence-corrected chi connectivity index (χ4v) is 8.47. The van der Waals surface area contributed by atoms with Gasteiger partial charge in [0.25, 0.3) is 8.32 Å². The summed E-state index contributed by atoms with van der Waals surface area (Å²) in [6.07, 6.45) is 14.9. The van der Waals surface area contributed by atoms with E-state index in [0.29, 0.717) is 5.04 Å². The Morgan fingerprint density at radius 1 is 0.861 bits per heavy atom. The van der Waals surface area contributed by atoms with E-state index in [0.717, 1.165) is 42.1 Å². The van der Waals surface area contributed by atoms with Crippen LogP contribution in [0.15, 0.2) is 115 Å². The number of allylic oxidation sites excluding steroid dienone is 5. The van der Waals surface area contributed by atoms with E-state index in [1.807, 2.05) is 42.5 Å². The van der Waals surface area contributed by atoms with Crippen LogP contribution in [0.1, 0.15) is 24.8 Å². The zero-order chi connectivity index (χ0) is 25.4. The number of rotatable bonds is 10. The van der Waals surface area contributed by atoms with Gasteiger partial charge < -0.3 is 9.16 Å². The van der Waals surface area contributed by atoms with Gasteiger partial charge >= 0.3 is 0 Å². The quantitative estimate of drug-likeness (QED) is 0.201. The van der Waals surface area contributed by atoms with Crippen LogP contribution < -0.4 is 9.92 Å². The van der Waals surface area contributed by atoms with Gasteiger partial charge in [-0.2, -0.15) is 0 Å². The molecule has 0 amide bonds. The van der Waals surface area contributed by atoms with Crippen LogP contribution in [-0.4, -0.2) is 17.1 Å². The van der Waals surface area contributed by atoms with Crippen LogP contribution in [0, 0.1) is 0 Å². The van der Waals surface area contributed by atoms with E-state index in [1.54, 1.807) is 0 Å². The lowest BCUT2D eigenvalue weighted by molar-refractivity contribution is 0.482. The molecule has 0 saturated heterocycles. The summed E-state index contributed by atoms with van der Waals surface area (Å²) in [7, 11) is -3.02. The third-order valence-corrected chi connectivity index (χ3v) is 12.7. The highest BCUT2D eigenvalue weighted by Crippen LogP contribution is 2.44. The van der Waals surface area contributed by atoms with Gasteiger partial charge in [-0.1, -0.05) is 85.9 Å². The lowest BCUT2D eigenvalue weighted by atomic mass is 9.93. The SMILES string of the molecule is C[SiH](C)C1(CC/C=C(\O[Si](C)(C)c2ccccc2)c2ccc(Oc3ccccc3)cc2)C=CC=CC1. The maximum Gasteiger partial charge on any atom is 0.276 e. The Bertz CT molecular complexity index is 1200. The highest BCUT2D eigenvalue weighted by Gasteiger charge is 2.32. The van der Waals surface area contributed by atoms with Gasteiger partial charge in [-0.05, 0) is 85.1 Å². The average Bonchev–Trinajstić information content (AvgIpc) is 2.90. The van der Waals surface area contributed by atoms with Crippen molar-refractivity contribution in [1.82, 2.24) is 0 Å². The number of hydrogen-bond donors (Lipinski definition) is 0. The van der Waals surface area contributed by atoms with Gasteiger partial charge in [0.1, 0.15) is 17.3 Å². The predicted molar refractivity (Wildman–Crippen MR) is 159 cm³/mol. The van der Waals surface area contributed by atoms with Crippen molar-refractivity contribution in [3.05, 3.63) is 121 Å². The first-order valence-corrected chi connectivity index (χ1v) is 18.8. The molecule has 0 N–H and O–H groups in total. The standard InChI is InChI=1S/C32H38O2Si2/c1-35(2)32(24-12-7-13-25-32)26-14-19-31(34-36(3,4)30-17-10-6-11-18-30)27-20-22-29(23-21-27)33-28-15-8-5-9-16-28/h5-13,15-24,35H,14,25-26H2,1-4H3/b31-19-. The summed E-state index contributed by atoms with van der Waals surface area (Å²) in [4.78, 5) is 0. The lowest BCUT2D eigenvalue weighted by Gasteiger charge is -2.35. The number of benzene rings is 3. The van der Waals surface area contributed by atoms with Crippen LogP contribution in [0.2, 0.25) is 31.2 Å². The number of ether oxygens (including phenoxy) is 1. The zero-order valence-corrected chi connectivity index (χ0v) is 24.1. The molecule has 0 aliphatic heterocycles. The van der Waals surface area contributed by atoms with Crippen LogP contribution in [0.4, 0.5) is 0 Å². The second kappa shape index (κ2) is 11.8. The molecule has 0 saturated carbocycles. The number of hydrogen-bond acceptors (Lipinski definition) is 2. The molecule has 0 aromatic heterocycles. The molecular weight excluding hydrogens is 473 g/mol. The molecule has 4 heteroatoms. The zero-order valence-electron chi connectivity index (χ0n) is 22.0. The van der Waals surface area contributed by atoms with Crippen LogP contribution >= 0.6 is 0 Å². The molecule has 36 heavy (non-hydrogen) atoms. The van der Waals surface area contributed by atoms with Gasteiger partial charge in [0.2, 0.25) is 0 Å². The minimum Gasteiger partial charge on any atom is -0.539 e. The Balaban J connectivity index is 1.57. The molecule has 0 bridgehead atoms. The Morgan fingerprint density at radius 2 is 1.50 bits per heavy atom. The minimum atomic E-state index is -2.15. The fraction of sp³-hybridized carbons (Fsp3) is 0.250. The van der Waals surface area contributed by atoms with Crippen LogP contribution in [0.5, 0.6) is 11.5 Å². The van der Waals surface area contributed by atoms with Crippen LogP contribution in [-0.2, 0) is 4.43 Å². The van der Waals surface area contributed by atoms with Crippen molar-refractivity contribution in [1.29, 1.82) is 0 Å². The van der Waals surface area contributed by atoms with Gasteiger partial charge in [-0.25, -0.2) is 0 Å². The van der Waals surface area contributed by atoms with E-state index in [1.165, 1.54) is 5.19 Å². The van der Waals surface area contributed by atoms with Crippen molar-refractivity contribution < 1.29 is 9.16 Å². The predicted octanol–water partition coefficient (Wildman–Crippen LogP) is 8.47. The molecule has 3 aromatic carbocycles. The highest BCUT2D eigenvalue weighted by atomic mass is 28.4. The first-order valence-electron chi connectivity index (χ1n) is 13.0. The number of para-hydroxylation sites is 1. The van der Waals surface area contributed by atoms with Gasteiger partial charge in [-0.15, -0.1) is 0 Å². The second-order valence-corrected chi connectivity index (χ2v) is 17.7. The first-order chi connectivity index (χ1) is 17.4. The molecule has 186 valence electrons. The van der Waals surface area contributed by atoms with Gasteiger partial charge in [0.05, 0.1) is 0 Å². The smallest absolute Gasteiger partial charge is 0.276 e. The molecule has 4 rings (SSSR count). The largest absolute Gasteiger partial charge is 0.539 e. The van der Waals surface area contributed by atoms with Gasteiger partial charge in [0, 0.05) is 14.4 Å². The molecule has 0 radical (unpaired) electrons. The Morgan fingerprint density at radius 3 is 2.11 bits per heavy atom. The van der Waals surface area contributed by atoms with Crippen molar-refractivity contribution in [3.8, 4) is 11.5 Å². The summed E-state index contributed by atoms with van der Waals surface area (Å²) in [5.41, 5.74) is 1.10. The monoisotopic (exact) mass is 510 g/mol. The molecule has 0 spiro atoms. The minimum absolute atomic E-state index is 0.343. The van der Waals surface area contributed by atoms with Crippen molar-refractivity contribution >= 4 is 28.1 Å². The molecule has 1 aliphatic rings. The normalized spacial score (nSPS) is 17.9. The van der Waals surface area contributed by atoms with Crippen LogP contribution in [0.3, 0.4) is 0 Å². The third kappa shape index (κ3) is 6.56. The summed E-state index contributed by atoms with van der Waals surface area (Å²) in [6, 6.07) is 28.9. The molecule has 1 aliphatic carbocycles. The highest BCUT2D eigenvalue weighted by molar-refractivity contribution is 6.85. The fourth-order valence-electron chi connectivity index (χ4n) is 4.76. The van der Waals surface area contributed by atoms with Crippen molar-refractivity contribution in [3.63, 3.8) is 0 Å². The van der Waals surface area contributed by atoms with E-state index < -0.39 is 17.1 Å². The third-order valence-electron chi connectivity index (χ3n) is 7.21. The molecular formula is C32H38O2Si2. The Labute approximate surface area is 219 Å². The molecule has 0 fully saturated rings. The van der Waals surface area contributed by atoms with E-state index in [-0.39, 0.29) is 0 Å². The average molecular weight is 511 g/mol. The van der Waals surface area contributed by atoms with Gasteiger partial charge in [-0.3, -0.25) is 0 Å². The van der Waals surface area contributed by atoms with Crippen molar-refractivity contribution in [2.24, 2.45) is 0 Å². The van der Waals surface area contributed by atoms with Crippen molar-refractivity contribution in [2.45, 2.75) is 50.5 Å². The molecule has 1 unspecified atom stereocenters. The maximum atomic E-state index is 6.89. The molecule has 0 heterocycles. The molecule has 2 nitrogen and oxygen atoms in total. The van der Waals surface area contributed by atoms with Crippen molar-refractivity contribution in [2.75, 3.05) is 0 Å². The van der Waals surface area contributed by atoms with E-state index >= 15 is 0 Å². The molecule has 1 atom stereocenters. The lowest BCUT2D eigenvalue weighted by Crippen LogP contribution is -2.44. The topological polar surface area (TPSA) is 18.5 Å². The Kier molecular flexibility index (Phi) is 8.49. The molecule has 3 aromatic rings. The van der Waals surface area contributed by atoms with E-state index in [4.69, 9.17) is 9.16 Å². The van der Waals surface area contributed by atoms with Crippen LogP contribution in [0.25, 0.3) is 5.76 Å². The summed E-state index contributed by atoms with van der Waals surface area (Å²) in [5, 5.41) is 1.64. The maximum absolute atomic E-state index is 6.89. The summed E-state index contributed by atoms with van der Waals surface area (Å²) in [5.74, 6) is 2.65. The van der Waals surface area contributed by atoms with Gasteiger partial charge in [0.15, 0.2) is 0 Å². The van der Waals surface area contributed by atoms with E-state index in [9.17, 15) is 0 Å². The first kappa shape index (κ1) is 26.0. The summed E-state index contributed by atoms with van der Waals surface area (Å²) in [6.45, 7) is 9.50. The summed E-state index contributed by atoms with van der Waals surface area (Å²) < 4.78 is 12.9. The summed E-state index contributed by atoms with van der Waals surface area (Å²) >= 11 is 0. The second-order valence-electron chi connectivity index (χ2n) is 10.4.